The van der Waals surface area contributed by atoms with E-state index in [9.17, 15) is 19.5 Å². The third-order valence-corrected chi connectivity index (χ3v) is 10.8. The summed E-state index contributed by atoms with van der Waals surface area (Å²) >= 11 is 8.73. The summed E-state index contributed by atoms with van der Waals surface area (Å²) in [4.78, 5) is 40.8. The number of nitrogen functional groups attached to an aromatic ring is 1. The molecule has 1 unspecified atom stereocenters. The van der Waals surface area contributed by atoms with Crippen LogP contribution in [-0.4, -0.2) is 93.1 Å². The van der Waals surface area contributed by atoms with Crippen molar-refractivity contribution in [3.05, 3.63) is 30.2 Å². The number of aliphatic hydroxyl groups is 1. The highest BCUT2D eigenvalue weighted by Crippen LogP contribution is 2.57. The van der Waals surface area contributed by atoms with Gasteiger partial charge in [-0.25, -0.2) is 29.5 Å². The second kappa shape index (κ2) is 13.4. The molecule has 0 spiro atoms. The number of thiol groups is 1. The summed E-state index contributed by atoms with van der Waals surface area (Å²) in [5.74, 6) is 1.08. The van der Waals surface area contributed by atoms with Gasteiger partial charge in [0.2, 0.25) is 0 Å². The fourth-order valence-corrected chi connectivity index (χ4v) is 8.19. The Morgan fingerprint density at radius 1 is 1.12 bits per heavy atom. The molecule has 0 bridgehead atoms. The van der Waals surface area contributed by atoms with Crippen LogP contribution in [-0.2, 0) is 52.4 Å². The van der Waals surface area contributed by atoms with Crippen molar-refractivity contribution in [2.75, 3.05) is 30.8 Å². The molecule has 3 aliphatic heterocycles. The molecule has 0 saturated carbocycles. The van der Waals surface area contributed by atoms with Crippen molar-refractivity contribution in [2.24, 2.45) is 5.73 Å². The zero-order valence-electron chi connectivity index (χ0n) is 25.2. The number of aliphatic hydroxyl groups excluding tert-OH is 1. The lowest BCUT2D eigenvalue weighted by Gasteiger charge is -2.25. The Morgan fingerprint density at radius 2 is 1.96 bits per heavy atom. The second-order valence-electron chi connectivity index (χ2n) is 11.5. The molecule has 23 heteroatoms. The van der Waals surface area contributed by atoms with Crippen LogP contribution in [0.5, 0.6) is 0 Å². The summed E-state index contributed by atoms with van der Waals surface area (Å²) in [5.41, 5.74) is 14.1. The van der Waals surface area contributed by atoms with Gasteiger partial charge in [-0.05, 0) is 43.1 Å². The lowest BCUT2D eigenvalue weighted by molar-refractivity contribution is -0.0479. The van der Waals surface area contributed by atoms with Gasteiger partial charge in [-0.15, -0.1) is 0 Å². The van der Waals surface area contributed by atoms with Crippen LogP contribution in [0.15, 0.2) is 18.9 Å². The summed E-state index contributed by atoms with van der Waals surface area (Å²) < 4.78 is 45.7. The van der Waals surface area contributed by atoms with Crippen molar-refractivity contribution in [2.45, 2.75) is 69.1 Å². The van der Waals surface area contributed by atoms with Gasteiger partial charge >= 0.3 is 13.5 Å². The molecule has 3 aliphatic rings. The van der Waals surface area contributed by atoms with Gasteiger partial charge in [0.15, 0.2) is 17.7 Å². The predicted molar refractivity (Wildman–Crippen MR) is 177 cm³/mol. The van der Waals surface area contributed by atoms with Gasteiger partial charge < -0.3 is 50.2 Å². The molecular formula is C25H34N10O9P2S2. The maximum Gasteiger partial charge on any atom is 0.386 e. The molecule has 260 valence electrons. The van der Waals surface area contributed by atoms with E-state index in [1.807, 2.05) is 4.57 Å². The van der Waals surface area contributed by atoms with Crippen LogP contribution in [0.1, 0.15) is 43.1 Å². The highest BCUT2D eigenvalue weighted by molar-refractivity contribution is 8.44. The van der Waals surface area contributed by atoms with Gasteiger partial charge in [-0.2, -0.15) is 0 Å². The number of fused-ring (bicyclic) bond motifs is 1. The summed E-state index contributed by atoms with van der Waals surface area (Å²) in [5, 5.41) is 15.6. The van der Waals surface area contributed by atoms with Crippen molar-refractivity contribution >= 4 is 71.4 Å². The number of aromatic nitrogens is 7. The number of rotatable bonds is 11. The standard InChI is InChI=1S/C25H34N10O9P2S2/c26-6-15-32-21(27)18-24(33-15)35(11-31-18)25-20(19(36)14(43-25)9-40-45(37,38)47)44-46(39,48)41-8-13-3-4-16(42-13)34-7-12-2-1-5-28-22-17(12)23(34)30-10-29-22/h7,10-11,13-14,16,19-20,25,36H,1-6,8-9,26H2,(H,39,48)(H2,27,32,33)(H,28,29,30)(H2,37,38,47)/t13-,14+,16+,19+,20+,25+,46?/m0/s1. The van der Waals surface area contributed by atoms with E-state index in [2.05, 4.69) is 60.5 Å². The molecule has 19 nitrogen and oxygen atoms in total. The quantitative estimate of drug-likeness (QED) is 0.0842. The van der Waals surface area contributed by atoms with Crippen molar-refractivity contribution in [3.63, 3.8) is 0 Å². The molecule has 2 fully saturated rings. The summed E-state index contributed by atoms with van der Waals surface area (Å²) in [6, 6.07) is 0. The predicted octanol–water partition coefficient (Wildman–Crippen LogP) is 1.27. The fourth-order valence-electron chi connectivity index (χ4n) is 6.19. The normalized spacial score (nSPS) is 27.4. The number of nitrogens with two attached hydrogens (primary N) is 2. The molecule has 48 heavy (non-hydrogen) atoms. The zero-order valence-corrected chi connectivity index (χ0v) is 28.7. The van der Waals surface area contributed by atoms with Gasteiger partial charge in [0, 0.05) is 12.7 Å². The Morgan fingerprint density at radius 3 is 2.75 bits per heavy atom. The molecule has 4 aromatic heterocycles. The Kier molecular flexibility index (Phi) is 9.52. The zero-order chi connectivity index (χ0) is 33.8. The topological polar surface area (TPSA) is 262 Å². The average molecular weight is 745 g/mol. The molecule has 0 radical (unpaired) electrons. The third-order valence-electron chi connectivity index (χ3n) is 8.35. The summed E-state index contributed by atoms with van der Waals surface area (Å²) in [7, 11) is 0. The molecule has 0 aromatic carbocycles. The number of hydrogen-bond acceptors (Lipinski definition) is 16. The van der Waals surface area contributed by atoms with E-state index in [1.165, 1.54) is 17.2 Å². The first-order valence-electron chi connectivity index (χ1n) is 15.0. The SMILES string of the molecule is NCc1nc(N)c2ncn([C@@H]3O[C@H](COP(O)(O)=S)[C@@H](O)[C@H]3OP(=O)(S)OC[C@@H]3CC[C@H](n4cc5c6c(ncnc64)NCCC5)O3)c2n1. The Hall–Kier alpha value is -2.36. The number of anilines is 2. The van der Waals surface area contributed by atoms with E-state index in [0.717, 1.165) is 41.8 Å². The number of aryl methyl sites for hydroxylation is 1. The van der Waals surface area contributed by atoms with Crippen LogP contribution in [0.25, 0.3) is 22.2 Å². The number of hydrogen-bond donors (Lipinski definition) is 7. The van der Waals surface area contributed by atoms with E-state index in [-0.39, 0.29) is 42.2 Å². The van der Waals surface area contributed by atoms with Crippen molar-refractivity contribution in [1.82, 2.24) is 34.1 Å². The van der Waals surface area contributed by atoms with Crippen LogP contribution in [0.4, 0.5) is 11.6 Å². The van der Waals surface area contributed by atoms with Crippen LogP contribution in [0.2, 0.25) is 0 Å². The minimum atomic E-state index is -4.19. The molecular weight excluding hydrogens is 710 g/mol. The van der Waals surface area contributed by atoms with Crippen LogP contribution >= 0.6 is 25.8 Å². The minimum absolute atomic E-state index is 0.0229. The molecule has 0 aliphatic carbocycles. The van der Waals surface area contributed by atoms with Crippen LogP contribution in [0, 0.1) is 0 Å². The number of nitrogens with one attached hydrogen (secondary N) is 1. The number of ether oxygens (including phenoxy) is 2. The number of imidazole rings is 1. The first-order valence-corrected chi connectivity index (χ1v) is 20.3. The largest absolute Gasteiger partial charge is 0.387 e. The lowest BCUT2D eigenvalue weighted by Crippen LogP contribution is -2.35. The van der Waals surface area contributed by atoms with Crippen molar-refractivity contribution in [3.8, 4) is 0 Å². The van der Waals surface area contributed by atoms with E-state index in [1.54, 1.807) is 0 Å². The van der Waals surface area contributed by atoms with E-state index >= 15 is 0 Å². The molecule has 4 aromatic rings. The smallest absolute Gasteiger partial charge is 0.386 e. The second-order valence-corrected chi connectivity index (χ2v) is 17.1. The van der Waals surface area contributed by atoms with Crippen LogP contribution < -0.4 is 16.8 Å². The summed E-state index contributed by atoms with van der Waals surface area (Å²) in [6.45, 7) is -8.12. The maximum absolute atomic E-state index is 13.6. The molecule has 7 heterocycles. The minimum Gasteiger partial charge on any atom is -0.387 e. The van der Waals surface area contributed by atoms with Gasteiger partial charge in [-0.3, -0.25) is 13.6 Å². The van der Waals surface area contributed by atoms with Gasteiger partial charge in [0.25, 0.3) is 0 Å². The van der Waals surface area contributed by atoms with E-state index in [4.69, 9.17) is 34.5 Å². The Labute approximate surface area is 283 Å². The first-order chi connectivity index (χ1) is 22.9. The summed E-state index contributed by atoms with van der Waals surface area (Å²) in [6.07, 6.45) is 1.90. The lowest BCUT2D eigenvalue weighted by atomic mass is 10.1. The number of nitrogens with zero attached hydrogens (tertiary/aromatic N) is 7. The molecule has 7 atom stereocenters. The molecule has 8 N–H and O–H groups in total. The van der Waals surface area contributed by atoms with Gasteiger partial charge in [0.1, 0.15) is 53.7 Å². The van der Waals surface area contributed by atoms with E-state index in [0.29, 0.717) is 12.8 Å². The Balaban J connectivity index is 1.07. The van der Waals surface area contributed by atoms with Crippen molar-refractivity contribution in [1.29, 1.82) is 0 Å². The highest BCUT2D eigenvalue weighted by Gasteiger charge is 2.49. The van der Waals surface area contributed by atoms with Crippen molar-refractivity contribution < 1.29 is 42.5 Å². The van der Waals surface area contributed by atoms with Crippen LogP contribution in [0.3, 0.4) is 0 Å². The fraction of sp³-hybridized carbons (Fsp3) is 0.560. The first kappa shape index (κ1) is 34.1. The maximum atomic E-state index is 13.6. The average Bonchev–Trinajstić information content (AvgIpc) is 3.80. The van der Waals surface area contributed by atoms with Gasteiger partial charge in [-0.1, -0.05) is 12.2 Å². The van der Waals surface area contributed by atoms with Gasteiger partial charge in [0.05, 0.1) is 37.6 Å². The monoisotopic (exact) mass is 744 g/mol. The van der Waals surface area contributed by atoms with E-state index < -0.39 is 50.8 Å². The molecule has 7 rings (SSSR count). The third kappa shape index (κ3) is 6.85. The highest BCUT2D eigenvalue weighted by atomic mass is 32.7. The molecule has 2 saturated heterocycles. The molecule has 0 amide bonds. The Bertz CT molecular complexity index is 1930.